The van der Waals surface area contributed by atoms with Gasteiger partial charge in [0.2, 0.25) is 0 Å². The Labute approximate surface area is 102 Å². The maximum atomic E-state index is 5.53. The van der Waals surface area contributed by atoms with Crippen molar-refractivity contribution in [2.75, 3.05) is 6.61 Å². The van der Waals surface area contributed by atoms with Crippen molar-refractivity contribution in [1.29, 1.82) is 0 Å². The van der Waals surface area contributed by atoms with E-state index in [1.54, 1.807) is 6.20 Å². The van der Waals surface area contributed by atoms with E-state index in [0.717, 1.165) is 5.56 Å². The summed E-state index contributed by atoms with van der Waals surface area (Å²) in [5, 5.41) is 0. The summed E-state index contributed by atoms with van der Waals surface area (Å²) < 4.78 is 5.53. The highest BCUT2D eigenvalue weighted by atomic mass is 16.5. The predicted octanol–water partition coefficient (Wildman–Crippen LogP) is 3.31. The molecule has 2 aromatic rings. The maximum Gasteiger partial charge on any atom is 0.0721 e. The molecule has 1 aromatic heterocycles. The molecule has 0 saturated carbocycles. The molecule has 0 bridgehead atoms. The van der Waals surface area contributed by atoms with Gasteiger partial charge in [-0.05, 0) is 17.2 Å². The monoisotopic (exact) mass is 225 g/mol. The zero-order valence-corrected chi connectivity index (χ0v) is 9.62. The van der Waals surface area contributed by atoms with Crippen LogP contribution in [0.15, 0.2) is 60.9 Å². The molecule has 0 radical (unpaired) electrons. The molecular formula is C15H15NO. The van der Waals surface area contributed by atoms with Gasteiger partial charge in [0.15, 0.2) is 0 Å². The van der Waals surface area contributed by atoms with Crippen LogP contribution in [0.2, 0.25) is 0 Å². The zero-order chi connectivity index (χ0) is 11.8. The van der Waals surface area contributed by atoms with Crippen LogP contribution in [0.5, 0.6) is 0 Å². The topological polar surface area (TPSA) is 22.1 Å². The Balaban J connectivity index is 1.72. The lowest BCUT2D eigenvalue weighted by molar-refractivity contribution is 0.149. The number of rotatable bonds is 5. The minimum atomic E-state index is 0.615. The highest BCUT2D eigenvalue weighted by Gasteiger charge is 1.89. The van der Waals surface area contributed by atoms with Crippen molar-refractivity contribution in [2.45, 2.75) is 6.61 Å². The van der Waals surface area contributed by atoms with E-state index in [0.29, 0.717) is 13.2 Å². The number of pyridine rings is 1. The molecular weight excluding hydrogens is 210 g/mol. The number of aromatic nitrogens is 1. The van der Waals surface area contributed by atoms with E-state index in [1.165, 1.54) is 5.56 Å². The normalized spacial score (nSPS) is 10.8. The Morgan fingerprint density at radius 2 is 1.94 bits per heavy atom. The van der Waals surface area contributed by atoms with E-state index >= 15 is 0 Å². The average Bonchev–Trinajstić information content (AvgIpc) is 2.41. The van der Waals surface area contributed by atoms with E-state index < -0.39 is 0 Å². The number of benzene rings is 1. The van der Waals surface area contributed by atoms with Crippen molar-refractivity contribution < 1.29 is 4.74 Å². The molecule has 1 aromatic carbocycles. The predicted molar refractivity (Wildman–Crippen MR) is 69.4 cm³/mol. The van der Waals surface area contributed by atoms with Gasteiger partial charge in [0.25, 0.3) is 0 Å². The van der Waals surface area contributed by atoms with E-state index in [4.69, 9.17) is 4.74 Å². The third-order valence-electron chi connectivity index (χ3n) is 2.32. The highest BCUT2D eigenvalue weighted by molar-refractivity contribution is 5.47. The Hall–Kier alpha value is -1.93. The van der Waals surface area contributed by atoms with Crippen LogP contribution >= 0.6 is 0 Å². The quantitative estimate of drug-likeness (QED) is 0.728. The van der Waals surface area contributed by atoms with Gasteiger partial charge in [-0.2, -0.15) is 0 Å². The smallest absolute Gasteiger partial charge is 0.0721 e. The molecule has 0 atom stereocenters. The van der Waals surface area contributed by atoms with Crippen LogP contribution in [0.3, 0.4) is 0 Å². The van der Waals surface area contributed by atoms with Crippen LogP contribution in [0.25, 0.3) is 6.08 Å². The molecule has 0 aliphatic carbocycles. The van der Waals surface area contributed by atoms with Crippen molar-refractivity contribution in [3.8, 4) is 0 Å². The van der Waals surface area contributed by atoms with Gasteiger partial charge < -0.3 is 4.74 Å². The molecule has 0 aliphatic rings. The van der Waals surface area contributed by atoms with Crippen molar-refractivity contribution in [1.82, 2.24) is 4.98 Å². The summed E-state index contributed by atoms with van der Waals surface area (Å²) in [5.74, 6) is 0. The first-order chi connectivity index (χ1) is 8.45. The molecule has 2 nitrogen and oxygen atoms in total. The van der Waals surface area contributed by atoms with Gasteiger partial charge >= 0.3 is 0 Å². The summed E-state index contributed by atoms with van der Waals surface area (Å²) in [4.78, 5) is 4.04. The van der Waals surface area contributed by atoms with E-state index in [-0.39, 0.29) is 0 Å². The number of ether oxygens (including phenoxy) is 1. The van der Waals surface area contributed by atoms with E-state index in [2.05, 4.69) is 17.1 Å². The van der Waals surface area contributed by atoms with Crippen molar-refractivity contribution in [3.63, 3.8) is 0 Å². The fourth-order valence-corrected chi connectivity index (χ4v) is 1.48. The summed E-state index contributed by atoms with van der Waals surface area (Å²) in [6.07, 6.45) is 7.61. The molecule has 0 amide bonds. The second-order valence-electron chi connectivity index (χ2n) is 3.69. The molecule has 17 heavy (non-hydrogen) atoms. The lowest BCUT2D eigenvalue weighted by atomic mass is 10.2. The Morgan fingerprint density at radius 3 is 2.71 bits per heavy atom. The van der Waals surface area contributed by atoms with Gasteiger partial charge in [0.05, 0.1) is 13.2 Å². The third kappa shape index (κ3) is 4.21. The third-order valence-corrected chi connectivity index (χ3v) is 2.32. The summed E-state index contributed by atoms with van der Waals surface area (Å²) in [6.45, 7) is 1.27. The summed E-state index contributed by atoms with van der Waals surface area (Å²) in [5.41, 5.74) is 2.29. The summed E-state index contributed by atoms with van der Waals surface area (Å²) in [7, 11) is 0. The second kappa shape index (κ2) is 6.61. The molecule has 0 saturated heterocycles. The average molecular weight is 225 g/mol. The summed E-state index contributed by atoms with van der Waals surface area (Å²) in [6, 6.07) is 14.1. The fraction of sp³-hybridized carbons (Fsp3) is 0.133. The first-order valence-electron chi connectivity index (χ1n) is 5.63. The van der Waals surface area contributed by atoms with Crippen LogP contribution in [0, 0.1) is 0 Å². The molecule has 0 N–H and O–H groups in total. The van der Waals surface area contributed by atoms with Gasteiger partial charge in [-0.3, -0.25) is 4.98 Å². The van der Waals surface area contributed by atoms with Gasteiger partial charge in [0.1, 0.15) is 0 Å². The SMILES string of the molecule is C(=C\c1cccnc1)/COCc1ccccc1. The largest absolute Gasteiger partial charge is 0.373 e. The van der Waals surface area contributed by atoms with Crippen molar-refractivity contribution >= 4 is 6.08 Å². The summed E-state index contributed by atoms with van der Waals surface area (Å²) >= 11 is 0. The Kier molecular flexibility index (Phi) is 4.49. The second-order valence-corrected chi connectivity index (χ2v) is 3.69. The first kappa shape index (κ1) is 11.6. The van der Waals surface area contributed by atoms with E-state index in [9.17, 15) is 0 Å². The Morgan fingerprint density at radius 1 is 1.06 bits per heavy atom. The molecule has 2 rings (SSSR count). The number of nitrogens with zero attached hydrogens (tertiary/aromatic N) is 1. The van der Waals surface area contributed by atoms with Crippen LogP contribution in [0.4, 0.5) is 0 Å². The molecule has 1 heterocycles. The van der Waals surface area contributed by atoms with Crippen molar-refractivity contribution in [3.05, 3.63) is 72.1 Å². The minimum Gasteiger partial charge on any atom is -0.373 e. The van der Waals surface area contributed by atoms with Crippen LogP contribution in [-0.2, 0) is 11.3 Å². The molecule has 0 fully saturated rings. The van der Waals surface area contributed by atoms with Crippen molar-refractivity contribution in [2.24, 2.45) is 0 Å². The van der Waals surface area contributed by atoms with Gasteiger partial charge in [-0.25, -0.2) is 0 Å². The molecule has 0 unspecified atom stereocenters. The van der Waals surface area contributed by atoms with Crippen LogP contribution < -0.4 is 0 Å². The van der Waals surface area contributed by atoms with Gasteiger partial charge in [-0.1, -0.05) is 48.6 Å². The lowest BCUT2D eigenvalue weighted by Crippen LogP contribution is -1.91. The van der Waals surface area contributed by atoms with E-state index in [1.807, 2.05) is 48.7 Å². The number of hydrogen-bond donors (Lipinski definition) is 0. The number of hydrogen-bond acceptors (Lipinski definition) is 2. The first-order valence-corrected chi connectivity index (χ1v) is 5.63. The molecule has 0 spiro atoms. The fourth-order valence-electron chi connectivity index (χ4n) is 1.48. The van der Waals surface area contributed by atoms with Crippen LogP contribution in [-0.4, -0.2) is 11.6 Å². The Bertz CT molecular complexity index is 451. The van der Waals surface area contributed by atoms with Crippen LogP contribution in [0.1, 0.15) is 11.1 Å². The minimum absolute atomic E-state index is 0.615. The molecule has 2 heteroatoms. The lowest BCUT2D eigenvalue weighted by Gasteiger charge is -2.00. The zero-order valence-electron chi connectivity index (χ0n) is 9.62. The standard InChI is InChI=1S/C15H15NO/c1-2-6-15(7-3-1)13-17-11-5-9-14-8-4-10-16-12-14/h1-10,12H,11,13H2/b9-5+. The maximum absolute atomic E-state index is 5.53. The van der Waals surface area contributed by atoms with Gasteiger partial charge in [0, 0.05) is 12.4 Å². The van der Waals surface area contributed by atoms with Gasteiger partial charge in [-0.15, -0.1) is 0 Å². The molecule has 0 aliphatic heterocycles. The highest BCUT2D eigenvalue weighted by Crippen LogP contribution is 2.01. The molecule has 86 valence electrons.